The summed E-state index contributed by atoms with van der Waals surface area (Å²) in [5.74, 6) is -0.941. The van der Waals surface area contributed by atoms with Crippen molar-refractivity contribution in [2.45, 2.75) is 235 Å². The van der Waals surface area contributed by atoms with E-state index in [0.29, 0.717) is 38.5 Å². The van der Waals surface area contributed by atoms with Gasteiger partial charge in [0.05, 0.1) is 43.4 Å². The molecular formula is C54H82Na2O28S2. The molecule has 0 unspecified atom stereocenters. The molecule has 28 nitrogen and oxygen atoms in total. The fourth-order valence-electron chi connectivity index (χ4n) is 16.2. The van der Waals surface area contributed by atoms with Crippen LogP contribution in [-0.2, 0) is 86.1 Å². The molecule has 0 aromatic rings. The molecule has 5 heterocycles. The number of fused-ring (bicyclic) bond motifs is 4. The number of hydrogen-bond acceptors (Lipinski definition) is 28. The van der Waals surface area contributed by atoms with Crippen LogP contribution in [0.2, 0.25) is 0 Å². The fraction of sp³-hybridized carbons (Fsp3) is 0.889. The van der Waals surface area contributed by atoms with Crippen molar-refractivity contribution < 1.29 is 191 Å². The number of methoxy groups -OCH3 is 1. The van der Waals surface area contributed by atoms with E-state index in [9.17, 15) is 76.4 Å². The topological polar surface area (TPSA) is 421 Å². The molecule has 4 aliphatic carbocycles. The van der Waals surface area contributed by atoms with E-state index in [2.05, 4.69) is 34.9 Å². The number of Topliss-reactive ketones (excluding diaryl/α,β-unsaturated/α-hetero) is 1. The maximum Gasteiger partial charge on any atom is 1.00 e. The largest absolute Gasteiger partial charge is 1.00 e. The van der Waals surface area contributed by atoms with Gasteiger partial charge < -0.3 is 97.3 Å². The SMILES string of the molecule is C=C(C)CCC[C@]1(C)OC(=O)[C@]23CC[C@H]4C(=CC[C@H]5C(C)(C)[C@@H](O[C@@H]6OC[C@@H](OS(=O)(=O)[O-])[C@H](O)[C@H]6O[C@@H]6O[C@H](C)[C@@H](O[C@@H]7O[C@H](COS(=O)(=O)[O-])[C@@H](O)[C@H](O[C@@H]8O[C@H](CO)[C@@H](O)[C@H](OC)[C@H]8O)[C@H]7O)[C@H](O)[C@H]6O)CC[C@]45C)[C@]2(C)CC(=O)[C@@H]31.[Na+].[Na+]. The van der Waals surface area contributed by atoms with Crippen molar-refractivity contribution in [2.75, 3.05) is 26.9 Å². The summed E-state index contributed by atoms with van der Waals surface area (Å²) in [5, 5.41) is 89.4. The number of ether oxygens (including phenoxy) is 10. The minimum absolute atomic E-state index is 0. The summed E-state index contributed by atoms with van der Waals surface area (Å²) in [6.07, 6.45) is -28.5. The molecule has 1 spiro atoms. The van der Waals surface area contributed by atoms with Gasteiger partial charge in [-0.05, 0) is 94.8 Å². The van der Waals surface area contributed by atoms with E-state index in [0.717, 1.165) is 31.1 Å². The Hall–Kier alpha value is -0.320. The normalized spacial score (nSPS) is 47.4. The Morgan fingerprint density at radius 3 is 1.97 bits per heavy atom. The minimum atomic E-state index is -5.47. The van der Waals surface area contributed by atoms with Crippen molar-refractivity contribution in [2.24, 2.45) is 39.4 Å². The van der Waals surface area contributed by atoms with Crippen molar-refractivity contribution >= 4 is 32.6 Å². The number of aliphatic hydroxyl groups is 8. The van der Waals surface area contributed by atoms with E-state index in [-0.39, 0.29) is 94.5 Å². The number of carbonyl (C=O) groups excluding carboxylic acids is 2. The second kappa shape index (κ2) is 27.2. The zero-order valence-electron chi connectivity index (χ0n) is 50.1. The molecule has 3 saturated carbocycles. The second-order valence-electron chi connectivity index (χ2n) is 25.8. The number of aliphatic hydroxyl groups excluding tert-OH is 8. The van der Waals surface area contributed by atoms with Gasteiger partial charge in [-0.1, -0.05) is 44.9 Å². The van der Waals surface area contributed by atoms with Gasteiger partial charge in [0.2, 0.25) is 20.8 Å². The number of rotatable bonds is 19. The van der Waals surface area contributed by atoms with Gasteiger partial charge in [-0.3, -0.25) is 18.0 Å². The maximum atomic E-state index is 14.4. The first-order valence-corrected chi connectivity index (χ1v) is 31.2. The molecule has 480 valence electrons. The molecule has 0 amide bonds. The van der Waals surface area contributed by atoms with E-state index in [1.165, 1.54) is 6.92 Å². The van der Waals surface area contributed by atoms with Gasteiger partial charge in [-0.15, -0.1) is 6.58 Å². The Bertz CT molecular complexity index is 2710. The van der Waals surface area contributed by atoms with Crippen LogP contribution in [0.5, 0.6) is 0 Å². The van der Waals surface area contributed by atoms with E-state index in [1.807, 2.05) is 27.7 Å². The molecule has 0 aromatic heterocycles. The number of cyclic esters (lactones) is 1. The molecule has 0 radical (unpaired) electrons. The van der Waals surface area contributed by atoms with Gasteiger partial charge >= 0.3 is 65.1 Å². The summed E-state index contributed by atoms with van der Waals surface area (Å²) in [6, 6.07) is 0. The standard InChI is InChI=1S/C54H84O28S2.2Na/c1-23(2)11-10-16-53(8)44-27(56)19-52(7)26-12-13-31-50(4,5)32(15-17-51(31,6)25(26)14-18-54(44,52)49(64)81-53)77-48-43(35(59)30(21-72-48)82-84(68,69)70)80-45-37(61)36(60)40(24(3)74-45)78-47-39(63)42(34(58)29(76-47)22-73-83(65,66)67)79-46-38(62)41(71-9)33(57)28(20-55)75-46;;/h12,24-25,28-48,55,57-63H,1,10-11,13-22H2,2-9H3,(H,65,66,67)(H,68,69,70);;/q;2*+1/p-2/t24-,25+,28-,29-,30-,31+,32+,33-,34-,35+,36-,37-,38-,39-,40-,41+,42+,43-,44-,45+,46+,47+,48+,51-,52+,53+,54-;;/m1../s1. The van der Waals surface area contributed by atoms with Gasteiger partial charge in [0, 0.05) is 18.9 Å². The summed E-state index contributed by atoms with van der Waals surface area (Å²) in [4.78, 5) is 28.7. The summed E-state index contributed by atoms with van der Waals surface area (Å²) >= 11 is 0. The van der Waals surface area contributed by atoms with Gasteiger partial charge in [0.1, 0.15) is 96.8 Å². The van der Waals surface area contributed by atoms with Crippen LogP contribution >= 0.6 is 0 Å². The predicted octanol–water partition coefficient (Wildman–Crippen LogP) is -7.23. The third-order valence-corrected chi connectivity index (χ3v) is 21.2. The molecule has 8 fully saturated rings. The van der Waals surface area contributed by atoms with E-state index in [4.69, 9.17) is 47.4 Å². The molecule has 0 aromatic carbocycles. The van der Waals surface area contributed by atoms with Crippen LogP contribution in [0.3, 0.4) is 0 Å². The van der Waals surface area contributed by atoms with Crippen LogP contribution in [0.4, 0.5) is 0 Å². The van der Waals surface area contributed by atoms with Crippen LogP contribution < -0.4 is 59.1 Å². The van der Waals surface area contributed by atoms with Crippen molar-refractivity contribution in [3.05, 3.63) is 23.8 Å². The average molecular weight is 1290 g/mol. The van der Waals surface area contributed by atoms with Crippen LogP contribution in [0.1, 0.15) is 106 Å². The average Bonchev–Trinajstić information content (AvgIpc) is 1.47. The molecule has 32 heteroatoms. The van der Waals surface area contributed by atoms with E-state index in [1.54, 1.807) is 0 Å². The van der Waals surface area contributed by atoms with Crippen molar-refractivity contribution in [3.63, 3.8) is 0 Å². The Labute approximate surface area is 544 Å². The Kier molecular flexibility index (Phi) is 23.1. The molecule has 5 aliphatic heterocycles. The Morgan fingerprint density at radius 1 is 0.744 bits per heavy atom. The van der Waals surface area contributed by atoms with Crippen LogP contribution in [0.15, 0.2) is 23.8 Å². The van der Waals surface area contributed by atoms with Gasteiger partial charge in [0.15, 0.2) is 25.2 Å². The Balaban J connectivity index is 0.00000529. The molecule has 27 atom stereocenters. The molecular weight excluding hydrogens is 1210 g/mol. The summed E-state index contributed by atoms with van der Waals surface area (Å²) in [7, 11) is -9.78. The third-order valence-electron chi connectivity index (χ3n) is 20.3. The summed E-state index contributed by atoms with van der Waals surface area (Å²) in [5.41, 5.74) is -1.66. The number of ketones is 1. The van der Waals surface area contributed by atoms with Crippen molar-refractivity contribution in [1.82, 2.24) is 0 Å². The van der Waals surface area contributed by atoms with Crippen molar-refractivity contribution in [1.29, 1.82) is 0 Å². The zero-order valence-corrected chi connectivity index (χ0v) is 55.7. The first-order valence-electron chi connectivity index (χ1n) is 28.5. The number of carbonyl (C=O) groups is 2. The maximum absolute atomic E-state index is 14.4. The monoisotopic (exact) mass is 1290 g/mol. The van der Waals surface area contributed by atoms with E-state index >= 15 is 0 Å². The fourth-order valence-corrected chi connectivity index (χ4v) is 17.0. The van der Waals surface area contributed by atoms with Gasteiger partial charge in [-0.2, -0.15) is 0 Å². The first kappa shape index (κ1) is 73.1. The molecule has 9 rings (SSSR count). The third kappa shape index (κ3) is 13.4. The zero-order chi connectivity index (χ0) is 61.8. The molecule has 9 aliphatic rings. The molecule has 0 bridgehead atoms. The molecule has 86 heavy (non-hydrogen) atoms. The summed E-state index contributed by atoms with van der Waals surface area (Å²) < 4.78 is 138. The predicted molar refractivity (Wildman–Crippen MR) is 278 cm³/mol. The van der Waals surface area contributed by atoms with E-state index < -0.39 is 191 Å². The molecule has 8 N–H and O–H groups in total. The van der Waals surface area contributed by atoms with Gasteiger partial charge in [-0.25, -0.2) is 16.8 Å². The minimum Gasteiger partial charge on any atom is -0.726 e. The van der Waals surface area contributed by atoms with Crippen molar-refractivity contribution in [3.8, 4) is 0 Å². The number of hydrogen-bond donors (Lipinski definition) is 8. The first-order chi connectivity index (χ1) is 39.1. The quantitative estimate of drug-likeness (QED) is 0.0196. The van der Waals surface area contributed by atoms with Crippen LogP contribution in [-0.4, -0.2) is 234 Å². The van der Waals surface area contributed by atoms with Crippen LogP contribution in [0, 0.1) is 39.4 Å². The number of allylic oxidation sites excluding steroid dienone is 3. The number of esters is 1. The molecule has 5 saturated heterocycles. The Morgan fingerprint density at radius 2 is 1.35 bits per heavy atom. The smallest absolute Gasteiger partial charge is 0.726 e. The van der Waals surface area contributed by atoms with Gasteiger partial charge in [0.25, 0.3) is 0 Å². The van der Waals surface area contributed by atoms with Crippen LogP contribution in [0.25, 0.3) is 0 Å². The second-order valence-corrected chi connectivity index (χ2v) is 27.8. The summed E-state index contributed by atoms with van der Waals surface area (Å²) in [6.45, 7) is 14.8.